The van der Waals surface area contributed by atoms with Crippen LogP contribution in [0.2, 0.25) is 0 Å². The van der Waals surface area contributed by atoms with Gasteiger partial charge in [0.05, 0.1) is 17.2 Å². The van der Waals surface area contributed by atoms with Crippen molar-refractivity contribution in [2.45, 2.75) is 24.7 Å². The van der Waals surface area contributed by atoms with Crippen molar-refractivity contribution >= 4 is 21.6 Å². The van der Waals surface area contributed by atoms with E-state index in [2.05, 4.69) is 5.32 Å². The van der Waals surface area contributed by atoms with Gasteiger partial charge in [0.2, 0.25) is 15.9 Å². The minimum atomic E-state index is -3.69. The molecule has 6 nitrogen and oxygen atoms in total. The molecule has 128 valence electrons. The Bertz CT molecular complexity index is 802. The molecule has 0 aromatic heterocycles. The van der Waals surface area contributed by atoms with Gasteiger partial charge < -0.3 is 10.1 Å². The summed E-state index contributed by atoms with van der Waals surface area (Å²) in [7, 11) is -3.69. The van der Waals surface area contributed by atoms with E-state index in [1.165, 1.54) is 12.1 Å². The Labute approximate surface area is 141 Å². The summed E-state index contributed by atoms with van der Waals surface area (Å²) in [6.45, 7) is 2.40. The summed E-state index contributed by atoms with van der Waals surface area (Å²) in [6.07, 6.45) is 0.767. The number of nitrogens with two attached hydrogens (primary N) is 1. The van der Waals surface area contributed by atoms with Crippen molar-refractivity contribution in [2.75, 3.05) is 11.9 Å². The number of para-hydroxylation sites is 2. The average molecular weight is 348 g/mol. The van der Waals surface area contributed by atoms with Gasteiger partial charge in [-0.05, 0) is 43.2 Å². The molecule has 0 heterocycles. The molecule has 0 atom stereocenters. The molecule has 1 amide bonds. The second kappa shape index (κ2) is 7.94. The van der Waals surface area contributed by atoms with Crippen LogP contribution < -0.4 is 15.2 Å². The van der Waals surface area contributed by atoms with Crippen LogP contribution in [0.25, 0.3) is 0 Å². The van der Waals surface area contributed by atoms with Gasteiger partial charge in [0.25, 0.3) is 0 Å². The van der Waals surface area contributed by atoms with Crippen LogP contribution in [-0.2, 0) is 21.2 Å². The third kappa shape index (κ3) is 5.07. The van der Waals surface area contributed by atoms with E-state index in [1.807, 2.05) is 19.1 Å². The molecule has 7 heteroatoms. The van der Waals surface area contributed by atoms with Gasteiger partial charge in [-0.25, -0.2) is 13.6 Å². The molecular formula is C17H20N2O4S. The van der Waals surface area contributed by atoms with E-state index in [0.717, 1.165) is 5.56 Å². The maximum Gasteiger partial charge on any atom is 0.238 e. The zero-order chi connectivity index (χ0) is 17.6. The van der Waals surface area contributed by atoms with Gasteiger partial charge in [0.1, 0.15) is 5.75 Å². The smallest absolute Gasteiger partial charge is 0.238 e. The molecule has 0 saturated carbocycles. The van der Waals surface area contributed by atoms with Gasteiger partial charge in [-0.3, -0.25) is 4.79 Å². The van der Waals surface area contributed by atoms with Crippen molar-refractivity contribution in [3.8, 4) is 5.75 Å². The Kier molecular flexibility index (Phi) is 5.94. The number of hydrogen-bond acceptors (Lipinski definition) is 4. The number of carbonyl (C=O) groups is 1. The predicted molar refractivity (Wildman–Crippen MR) is 92.4 cm³/mol. The van der Waals surface area contributed by atoms with Crippen LogP contribution in [0.3, 0.4) is 0 Å². The van der Waals surface area contributed by atoms with Gasteiger partial charge in [-0.2, -0.15) is 0 Å². The van der Waals surface area contributed by atoms with Gasteiger partial charge in [0, 0.05) is 6.42 Å². The van der Waals surface area contributed by atoms with Crippen molar-refractivity contribution in [3.63, 3.8) is 0 Å². The first kappa shape index (κ1) is 18.0. The minimum Gasteiger partial charge on any atom is -0.492 e. The lowest BCUT2D eigenvalue weighted by atomic mass is 10.1. The summed E-state index contributed by atoms with van der Waals surface area (Å²) in [5.41, 5.74) is 1.49. The maximum atomic E-state index is 12.1. The van der Waals surface area contributed by atoms with E-state index in [1.54, 1.807) is 24.3 Å². The molecule has 0 aliphatic carbocycles. The highest BCUT2D eigenvalue weighted by Gasteiger charge is 2.09. The second-order valence-electron chi connectivity index (χ2n) is 5.17. The van der Waals surface area contributed by atoms with Crippen molar-refractivity contribution in [3.05, 3.63) is 54.1 Å². The number of carbonyl (C=O) groups excluding carboxylic acids is 1. The normalized spacial score (nSPS) is 11.1. The lowest BCUT2D eigenvalue weighted by molar-refractivity contribution is -0.116. The molecule has 0 radical (unpaired) electrons. The van der Waals surface area contributed by atoms with Gasteiger partial charge >= 0.3 is 0 Å². The fourth-order valence-electron chi connectivity index (χ4n) is 2.17. The molecule has 0 fully saturated rings. The Hall–Kier alpha value is -2.38. The first-order valence-corrected chi connectivity index (χ1v) is 9.08. The molecule has 0 aliphatic heterocycles. The van der Waals surface area contributed by atoms with Gasteiger partial charge in [-0.15, -0.1) is 0 Å². The van der Waals surface area contributed by atoms with Crippen LogP contribution >= 0.6 is 0 Å². The number of aryl methyl sites for hydroxylation is 1. The first-order chi connectivity index (χ1) is 11.4. The van der Waals surface area contributed by atoms with E-state index in [-0.39, 0.29) is 17.2 Å². The highest BCUT2D eigenvalue weighted by molar-refractivity contribution is 7.89. The molecular weight excluding hydrogens is 328 g/mol. The number of amides is 1. The molecule has 0 bridgehead atoms. The number of benzene rings is 2. The van der Waals surface area contributed by atoms with Crippen LogP contribution in [0, 0.1) is 0 Å². The third-order valence-electron chi connectivity index (χ3n) is 3.35. The molecule has 0 saturated heterocycles. The van der Waals surface area contributed by atoms with Crippen LogP contribution in [0.1, 0.15) is 18.9 Å². The zero-order valence-electron chi connectivity index (χ0n) is 13.4. The number of rotatable bonds is 7. The van der Waals surface area contributed by atoms with E-state index >= 15 is 0 Å². The number of ether oxygens (including phenoxy) is 1. The van der Waals surface area contributed by atoms with Crippen LogP contribution in [0.4, 0.5) is 5.69 Å². The Balaban J connectivity index is 1.94. The molecule has 24 heavy (non-hydrogen) atoms. The SMILES string of the molecule is CCOc1ccccc1NC(=O)CCc1ccc(S(N)(=O)=O)cc1. The lowest BCUT2D eigenvalue weighted by Crippen LogP contribution is -2.14. The lowest BCUT2D eigenvalue weighted by Gasteiger charge is -2.11. The highest BCUT2D eigenvalue weighted by atomic mass is 32.2. The molecule has 3 N–H and O–H groups in total. The molecule has 0 aliphatic rings. The number of nitrogens with one attached hydrogen (secondary N) is 1. The molecule has 0 spiro atoms. The molecule has 0 unspecified atom stereocenters. The fraction of sp³-hybridized carbons (Fsp3) is 0.235. The fourth-order valence-corrected chi connectivity index (χ4v) is 2.68. The summed E-state index contributed by atoms with van der Waals surface area (Å²) in [5.74, 6) is 0.489. The van der Waals surface area contributed by atoms with Crippen LogP contribution in [0.5, 0.6) is 5.75 Å². The van der Waals surface area contributed by atoms with Crippen molar-refractivity contribution < 1.29 is 17.9 Å². The van der Waals surface area contributed by atoms with Crippen molar-refractivity contribution in [2.24, 2.45) is 5.14 Å². The highest BCUT2D eigenvalue weighted by Crippen LogP contribution is 2.23. The summed E-state index contributed by atoms with van der Waals surface area (Å²) < 4.78 is 27.9. The van der Waals surface area contributed by atoms with E-state index < -0.39 is 10.0 Å². The Morgan fingerprint density at radius 3 is 2.42 bits per heavy atom. The monoisotopic (exact) mass is 348 g/mol. The van der Waals surface area contributed by atoms with Crippen LogP contribution in [0.15, 0.2) is 53.4 Å². The summed E-state index contributed by atoms with van der Waals surface area (Å²) in [4.78, 5) is 12.1. The average Bonchev–Trinajstić information content (AvgIpc) is 2.55. The quantitative estimate of drug-likeness (QED) is 0.802. The maximum absolute atomic E-state index is 12.1. The molecule has 2 rings (SSSR count). The summed E-state index contributed by atoms with van der Waals surface area (Å²) >= 11 is 0. The summed E-state index contributed by atoms with van der Waals surface area (Å²) in [5, 5.41) is 7.87. The molecule has 2 aromatic rings. The Morgan fingerprint density at radius 1 is 1.12 bits per heavy atom. The van der Waals surface area contributed by atoms with Gasteiger partial charge in [0.15, 0.2) is 0 Å². The third-order valence-corrected chi connectivity index (χ3v) is 4.28. The van der Waals surface area contributed by atoms with E-state index in [4.69, 9.17) is 9.88 Å². The molecule has 2 aromatic carbocycles. The number of hydrogen-bond donors (Lipinski definition) is 2. The first-order valence-electron chi connectivity index (χ1n) is 7.53. The number of primary sulfonamides is 1. The second-order valence-corrected chi connectivity index (χ2v) is 6.73. The van der Waals surface area contributed by atoms with Crippen molar-refractivity contribution in [1.82, 2.24) is 0 Å². The zero-order valence-corrected chi connectivity index (χ0v) is 14.2. The number of sulfonamides is 1. The largest absolute Gasteiger partial charge is 0.492 e. The number of anilines is 1. The van der Waals surface area contributed by atoms with E-state index in [0.29, 0.717) is 24.5 Å². The standard InChI is InChI=1S/C17H20N2O4S/c1-2-23-16-6-4-3-5-15(16)19-17(20)12-9-13-7-10-14(11-8-13)24(18,21)22/h3-8,10-11H,2,9,12H2,1H3,(H,19,20)(H2,18,21,22). The van der Waals surface area contributed by atoms with Crippen molar-refractivity contribution in [1.29, 1.82) is 0 Å². The van der Waals surface area contributed by atoms with E-state index in [9.17, 15) is 13.2 Å². The Morgan fingerprint density at radius 2 is 1.79 bits per heavy atom. The summed E-state index contributed by atoms with van der Waals surface area (Å²) in [6, 6.07) is 13.4. The minimum absolute atomic E-state index is 0.0568. The van der Waals surface area contributed by atoms with Crippen LogP contribution in [-0.4, -0.2) is 20.9 Å². The predicted octanol–water partition coefficient (Wildman–Crippen LogP) is 2.30. The topological polar surface area (TPSA) is 98.5 Å². The van der Waals surface area contributed by atoms with Gasteiger partial charge in [-0.1, -0.05) is 24.3 Å².